The molecule has 0 aliphatic carbocycles. The number of carbonyl (C=O) groups excluding carboxylic acids is 1. The monoisotopic (exact) mass is 484 g/mol. The van der Waals surface area contributed by atoms with E-state index < -0.39 is 17.5 Å². The van der Waals surface area contributed by atoms with E-state index in [4.69, 9.17) is 16.3 Å². The second kappa shape index (κ2) is 11.1. The van der Waals surface area contributed by atoms with Crippen LogP contribution in [0.15, 0.2) is 66.7 Å². The number of aryl methyl sites for hydroxylation is 1. The van der Waals surface area contributed by atoms with Crippen LogP contribution in [0.3, 0.4) is 0 Å². The van der Waals surface area contributed by atoms with Gasteiger partial charge in [-0.2, -0.15) is 0 Å². The lowest BCUT2D eigenvalue weighted by Crippen LogP contribution is -2.49. The van der Waals surface area contributed by atoms with Crippen molar-refractivity contribution in [1.29, 1.82) is 0 Å². The van der Waals surface area contributed by atoms with Gasteiger partial charge in [0, 0.05) is 37.7 Å². The highest BCUT2D eigenvalue weighted by Crippen LogP contribution is 2.24. The summed E-state index contributed by atoms with van der Waals surface area (Å²) in [5, 5.41) is 0.665. The average molecular weight is 485 g/mol. The van der Waals surface area contributed by atoms with Crippen molar-refractivity contribution in [1.82, 2.24) is 9.80 Å². The number of piperazine rings is 1. The van der Waals surface area contributed by atoms with Gasteiger partial charge in [-0.3, -0.25) is 9.69 Å². The van der Waals surface area contributed by atoms with Crippen LogP contribution in [0.25, 0.3) is 0 Å². The standard InChI is InChI=1S/C27H27ClF2N2O2/c1-19-4-2-5-20(16-19)18-34-25(21-8-10-22(28)11-9-21)17-31-12-14-32(15-13-31)27(33)23-6-3-7-24(29)26(23)30/h2-11,16,25H,12-15,17-18H2,1H3/t25-/m0/s1. The Morgan fingerprint density at radius 2 is 1.71 bits per heavy atom. The van der Waals surface area contributed by atoms with Crippen molar-refractivity contribution >= 4 is 17.5 Å². The summed E-state index contributed by atoms with van der Waals surface area (Å²) in [6, 6.07) is 19.5. The van der Waals surface area contributed by atoms with Crippen LogP contribution < -0.4 is 0 Å². The average Bonchev–Trinajstić information content (AvgIpc) is 2.84. The summed E-state index contributed by atoms with van der Waals surface area (Å²) in [6.45, 7) is 5.26. The zero-order valence-electron chi connectivity index (χ0n) is 19.0. The summed E-state index contributed by atoms with van der Waals surface area (Å²) in [4.78, 5) is 16.5. The quantitative estimate of drug-likeness (QED) is 0.435. The third kappa shape index (κ3) is 6.00. The van der Waals surface area contributed by atoms with Crippen LogP contribution >= 0.6 is 11.6 Å². The molecular formula is C27H27ClF2N2O2. The molecule has 0 radical (unpaired) electrons. The molecule has 34 heavy (non-hydrogen) atoms. The first kappa shape index (κ1) is 24.3. The minimum atomic E-state index is -1.10. The van der Waals surface area contributed by atoms with Crippen molar-refractivity contribution in [2.75, 3.05) is 32.7 Å². The molecule has 7 heteroatoms. The van der Waals surface area contributed by atoms with Crippen LogP contribution in [0.2, 0.25) is 5.02 Å². The molecule has 178 valence electrons. The molecule has 1 fully saturated rings. The van der Waals surface area contributed by atoms with Crippen molar-refractivity contribution in [2.24, 2.45) is 0 Å². The molecule has 1 atom stereocenters. The highest BCUT2D eigenvalue weighted by atomic mass is 35.5. The number of rotatable bonds is 7. The molecule has 0 bridgehead atoms. The van der Waals surface area contributed by atoms with Gasteiger partial charge >= 0.3 is 0 Å². The summed E-state index contributed by atoms with van der Waals surface area (Å²) >= 11 is 6.08. The van der Waals surface area contributed by atoms with Crippen LogP contribution in [0.5, 0.6) is 0 Å². The Balaban J connectivity index is 1.40. The van der Waals surface area contributed by atoms with Crippen LogP contribution in [-0.2, 0) is 11.3 Å². The van der Waals surface area contributed by atoms with Crippen molar-refractivity contribution < 1.29 is 18.3 Å². The van der Waals surface area contributed by atoms with E-state index in [-0.39, 0.29) is 11.7 Å². The molecule has 1 amide bonds. The van der Waals surface area contributed by atoms with Crippen LogP contribution in [-0.4, -0.2) is 48.4 Å². The summed E-state index contributed by atoms with van der Waals surface area (Å²) in [5.74, 6) is -2.59. The summed E-state index contributed by atoms with van der Waals surface area (Å²) < 4.78 is 33.9. The molecular weight excluding hydrogens is 458 g/mol. The lowest BCUT2D eigenvalue weighted by molar-refractivity contribution is 0.00336. The second-order valence-electron chi connectivity index (χ2n) is 8.53. The molecule has 0 spiro atoms. The second-order valence-corrected chi connectivity index (χ2v) is 8.97. The smallest absolute Gasteiger partial charge is 0.257 e. The Hall–Kier alpha value is -2.80. The molecule has 0 aromatic heterocycles. The maximum atomic E-state index is 14.1. The fraction of sp³-hybridized carbons (Fsp3) is 0.296. The Kier molecular flexibility index (Phi) is 7.93. The minimum Gasteiger partial charge on any atom is -0.368 e. The lowest BCUT2D eigenvalue weighted by Gasteiger charge is -2.36. The molecule has 3 aromatic rings. The molecule has 1 saturated heterocycles. The first-order valence-electron chi connectivity index (χ1n) is 11.3. The number of amides is 1. The van der Waals surface area contributed by atoms with Crippen molar-refractivity contribution in [3.05, 3.63) is 106 Å². The molecule has 0 N–H and O–H groups in total. The van der Waals surface area contributed by atoms with Crippen molar-refractivity contribution in [2.45, 2.75) is 19.6 Å². The van der Waals surface area contributed by atoms with Gasteiger partial charge in [0.25, 0.3) is 5.91 Å². The third-order valence-electron chi connectivity index (χ3n) is 6.04. The van der Waals surface area contributed by atoms with E-state index in [0.717, 1.165) is 17.2 Å². The molecule has 0 unspecified atom stereocenters. The highest BCUT2D eigenvalue weighted by molar-refractivity contribution is 6.30. The van der Waals surface area contributed by atoms with E-state index in [1.807, 2.05) is 36.4 Å². The molecule has 3 aromatic carbocycles. The van der Waals surface area contributed by atoms with Crippen molar-refractivity contribution in [3.63, 3.8) is 0 Å². The normalized spacial score (nSPS) is 15.4. The maximum absolute atomic E-state index is 14.1. The molecule has 4 nitrogen and oxygen atoms in total. The topological polar surface area (TPSA) is 32.8 Å². The fourth-order valence-electron chi connectivity index (χ4n) is 4.14. The van der Waals surface area contributed by atoms with Gasteiger partial charge in [-0.05, 0) is 42.3 Å². The first-order chi connectivity index (χ1) is 16.4. The third-order valence-corrected chi connectivity index (χ3v) is 6.29. The Morgan fingerprint density at radius 3 is 2.41 bits per heavy atom. The number of ether oxygens (including phenoxy) is 1. The van der Waals surface area contributed by atoms with Gasteiger partial charge in [-0.25, -0.2) is 8.78 Å². The molecule has 4 rings (SSSR count). The van der Waals surface area contributed by atoms with Gasteiger partial charge in [0.05, 0.1) is 18.3 Å². The highest BCUT2D eigenvalue weighted by Gasteiger charge is 2.27. The Morgan fingerprint density at radius 1 is 1.00 bits per heavy atom. The van der Waals surface area contributed by atoms with Gasteiger partial charge in [0.1, 0.15) is 0 Å². The number of benzene rings is 3. The van der Waals surface area contributed by atoms with Crippen LogP contribution in [0.1, 0.15) is 33.2 Å². The zero-order valence-corrected chi connectivity index (χ0v) is 19.8. The molecule has 1 heterocycles. The predicted molar refractivity (Wildman–Crippen MR) is 129 cm³/mol. The minimum absolute atomic E-state index is 0.180. The van der Waals surface area contributed by atoms with E-state index in [1.165, 1.54) is 17.7 Å². The number of carbonyl (C=O) groups is 1. The number of halogens is 3. The lowest BCUT2D eigenvalue weighted by atomic mass is 10.1. The van der Waals surface area contributed by atoms with E-state index in [2.05, 4.69) is 24.0 Å². The Labute approximate surface area is 203 Å². The SMILES string of the molecule is Cc1cccc(CO[C@@H](CN2CCN(C(=O)c3cccc(F)c3F)CC2)c2ccc(Cl)cc2)c1. The van der Waals surface area contributed by atoms with Gasteiger partial charge in [-0.1, -0.05) is 59.6 Å². The Bertz CT molecular complexity index is 1130. The number of nitrogens with zero attached hydrogens (tertiary/aromatic N) is 2. The number of hydrogen-bond donors (Lipinski definition) is 0. The van der Waals surface area contributed by atoms with Gasteiger partial charge in [0.15, 0.2) is 11.6 Å². The van der Waals surface area contributed by atoms with Crippen LogP contribution in [0.4, 0.5) is 8.78 Å². The van der Waals surface area contributed by atoms with E-state index in [1.54, 1.807) is 4.90 Å². The van der Waals surface area contributed by atoms with Gasteiger partial charge in [-0.15, -0.1) is 0 Å². The molecule has 1 aliphatic heterocycles. The van der Waals surface area contributed by atoms with Gasteiger partial charge in [0.2, 0.25) is 0 Å². The first-order valence-corrected chi connectivity index (χ1v) is 11.7. The fourth-order valence-corrected chi connectivity index (χ4v) is 4.26. The van der Waals surface area contributed by atoms with E-state index in [0.29, 0.717) is 44.4 Å². The summed E-state index contributed by atoms with van der Waals surface area (Å²) in [5.41, 5.74) is 3.08. The zero-order chi connectivity index (χ0) is 24.1. The maximum Gasteiger partial charge on any atom is 0.257 e. The van der Waals surface area contributed by atoms with Gasteiger partial charge < -0.3 is 9.64 Å². The molecule has 0 saturated carbocycles. The van der Waals surface area contributed by atoms with E-state index in [9.17, 15) is 13.6 Å². The molecule has 1 aliphatic rings. The summed E-state index contributed by atoms with van der Waals surface area (Å²) in [6.07, 6.45) is -0.180. The largest absolute Gasteiger partial charge is 0.368 e. The number of hydrogen-bond acceptors (Lipinski definition) is 3. The van der Waals surface area contributed by atoms with Crippen LogP contribution in [0, 0.1) is 18.6 Å². The predicted octanol–water partition coefficient (Wildman–Crippen LogP) is 5.64. The van der Waals surface area contributed by atoms with E-state index >= 15 is 0 Å². The van der Waals surface area contributed by atoms with Crippen molar-refractivity contribution in [3.8, 4) is 0 Å². The summed E-state index contributed by atoms with van der Waals surface area (Å²) in [7, 11) is 0.